The van der Waals surface area contributed by atoms with Gasteiger partial charge in [-0.15, -0.1) is 0 Å². The minimum Gasteiger partial charge on any atom is -0.490 e. The predicted octanol–water partition coefficient (Wildman–Crippen LogP) is 4.07. The van der Waals surface area contributed by atoms with E-state index in [9.17, 15) is 9.50 Å². The van der Waals surface area contributed by atoms with E-state index in [2.05, 4.69) is 0 Å². The van der Waals surface area contributed by atoms with E-state index in [0.717, 1.165) is 0 Å². The van der Waals surface area contributed by atoms with Crippen molar-refractivity contribution in [3.05, 3.63) is 53.8 Å². The molecule has 0 spiro atoms. The van der Waals surface area contributed by atoms with E-state index in [-0.39, 0.29) is 5.75 Å². The van der Waals surface area contributed by atoms with Crippen LogP contribution in [0.4, 0.5) is 4.39 Å². The molecule has 1 atom stereocenters. The zero-order valence-corrected chi connectivity index (χ0v) is 11.5. The molecule has 2 aromatic rings. The first-order valence-corrected chi connectivity index (χ1v) is 6.49. The standard InChI is InChI=1S/C16H17FO3/c1-3-19-14-9-4-5-10-15(14)20-16-12(11(2)18)7-6-8-13(16)17/h4-11,18H,3H2,1-2H3. The minimum atomic E-state index is -0.819. The van der Waals surface area contributed by atoms with Crippen molar-refractivity contribution in [2.24, 2.45) is 0 Å². The SMILES string of the molecule is CCOc1ccccc1Oc1c(F)cccc1C(C)O. The van der Waals surface area contributed by atoms with Crippen LogP contribution in [0.3, 0.4) is 0 Å². The fourth-order valence-electron chi connectivity index (χ4n) is 1.88. The number of hydrogen-bond acceptors (Lipinski definition) is 3. The molecule has 0 aliphatic rings. The normalized spacial score (nSPS) is 12.0. The number of aliphatic hydroxyl groups excluding tert-OH is 1. The van der Waals surface area contributed by atoms with E-state index in [0.29, 0.717) is 23.7 Å². The molecule has 20 heavy (non-hydrogen) atoms. The van der Waals surface area contributed by atoms with Gasteiger partial charge >= 0.3 is 0 Å². The lowest BCUT2D eigenvalue weighted by molar-refractivity contribution is 0.194. The fraction of sp³-hybridized carbons (Fsp3) is 0.250. The molecule has 2 aromatic carbocycles. The minimum absolute atomic E-state index is 0.0228. The third-order valence-electron chi connectivity index (χ3n) is 2.81. The quantitative estimate of drug-likeness (QED) is 0.894. The smallest absolute Gasteiger partial charge is 0.169 e. The van der Waals surface area contributed by atoms with Crippen LogP contribution in [0, 0.1) is 5.82 Å². The van der Waals surface area contributed by atoms with Gasteiger partial charge in [-0.05, 0) is 32.0 Å². The van der Waals surface area contributed by atoms with Gasteiger partial charge < -0.3 is 14.6 Å². The number of hydrogen-bond donors (Lipinski definition) is 1. The van der Waals surface area contributed by atoms with Crippen molar-refractivity contribution in [1.29, 1.82) is 0 Å². The van der Waals surface area contributed by atoms with Crippen LogP contribution in [0.2, 0.25) is 0 Å². The van der Waals surface area contributed by atoms with Crippen molar-refractivity contribution in [3.8, 4) is 17.2 Å². The van der Waals surface area contributed by atoms with Gasteiger partial charge in [0.05, 0.1) is 12.7 Å². The van der Waals surface area contributed by atoms with E-state index < -0.39 is 11.9 Å². The summed E-state index contributed by atoms with van der Waals surface area (Å²) in [6.07, 6.45) is -0.819. The van der Waals surface area contributed by atoms with Crippen molar-refractivity contribution in [2.45, 2.75) is 20.0 Å². The van der Waals surface area contributed by atoms with Crippen LogP contribution < -0.4 is 9.47 Å². The highest BCUT2D eigenvalue weighted by Crippen LogP contribution is 2.36. The molecule has 0 bridgehead atoms. The third kappa shape index (κ3) is 3.08. The Morgan fingerprint density at radius 3 is 2.45 bits per heavy atom. The Hall–Kier alpha value is -2.07. The average Bonchev–Trinajstić information content (AvgIpc) is 2.43. The predicted molar refractivity (Wildman–Crippen MR) is 74.7 cm³/mol. The lowest BCUT2D eigenvalue weighted by Crippen LogP contribution is -2.00. The summed E-state index contributed by atoms with van der Waals surface area (Å²) in [4.78, 5) is 0. The summed E-state index contributed by atoms with van der Waals surface area (Å²) in [7, 11) is 0. The highest BCUT2D eigenvalue weighted by molar-refractivity contribution is 5.45. The molecule has 1 N–H and O–H groups in total. The molecule has 1 unspecified atom stereocenters. The van der Waals surface area contributed by atoms with Crippen molar-refractivity contribution in [1.82, 2.24) is 0 Å². The Morgan fingerprint density at radius 1 is 1.10 bits per heavy atom. The second-order valence-corrected chi connectivity index (χ2v) is 4.32. The molecule has 0 saturated heterocycles. The Kier molecular flexibility index (Phi) is 4.58. The molecular weight excluding hydrogens is 259 g/mol. The van der Waals surface area contributed by atoms with Gasteiger partial charge in [-0.25, -0.2) is 4.39 Å². The highest BCUT2D eigenvalue weighted by atomic mass is 19.1. The summed E-state index contributed by atoms with van der Waals surface area (Å²) in [5, 5.41) is 9.70. The Morgan fingerprint density at radius 2 is 1.80 bits per heavy atom. The van der Waals surface area contributed by atoms with E-state index in [1.165, 1.54) is 6.07 Å². The highest BCUT2D eigenvalue weighted by Gasteiger charge is 2.16. The average molecular weight is 276 g/mol. The van der Waals surface area contributed by atoms with Gasteiger partial charge in [0.1, 0.15) is 0 Å². The summed E-state index contributed by atoms with van der Waals surface area (Å²) in [5.74, 6) is 0.459. The summed E-state index contributed by atoms with van der Waals surface area (Å²) in [5.41, 5.74) is 0.399. The number of ether oxygens (including phenoxy) is 2. The first-order chi connectivity index (χ1) is 9.63. The molecule has 2 rings (SSSR count). The molecule has 0 aliphatic heterocycles. The van der Waals surface area contributed by atoms with Crippen molar-refractivity contribution in [3.63, 3.8) is 0 Å². The van der Waals surface area contributed by atoms with Gasteiger partial charge in [0.2, 0.25) is 0 Å². The molecule has 0 amide bonds. The summed E-state index contributed by atoms with van der Waals surface area (Å²) in [6, 6.07) is 11.5. The van der Waals surface area contributed by atoms with Crippen LogP contribution in [-0.2, 0) is 0 Å². The van der Waals surface area contributed by atoms with Crippen LogP contribution in [0.5, 0.6) is 17.2 Å². The van der Waals surface area contributed by atoms with Crippen LogP contribution >= 0.6 is 0 Å². The Labute approximate surface area is 117 Å². The zero-order chi connectivity index (χ0) is 14.5. The summed E-state index contributed by atoms with van der Waals surface area (Å²) < 4.78 is 25.0. The second-order valence-electron chi connectivity index (χ2n) is 4.32. The molecule has 0 aromatic heterocycles. The Bertz CT molecular complexity index is 582. The number of benzene rings is 2. The fourth-order valence-corrected chi connectivity index (χ4v) is 1.88. The number of para-hydroxylation sites is 3. The maximum absolute atomic E-state index is 13.9. The van der Waals surface area contributed by atoms with Gasteiger partial charge in [-0.3, -0.25) is 0 Å². The van der Waals surface area contributed by atoms with Crippen LogP contribution in [0.15, 0.2) is 42.5 Å². The van der Waals surface area contributed by atoms with Crippen molar-refractivity contribution >= 4 is 0 Å². The molecule has 106 valence electrons. The maximum atomic E-state index is 13.9. The molecule has 0 fully saturated rings. The number of halogens is 1. The Balaban J connectivity index is 2.40. The van der Waals surface area contributed by atoms with Gasteiger partial charge in [0.15, 0.2) is 23.1 Å². The zero-order valence-electron chi connectivity index (χ0n) is 11.5. The van der Waals surface area contributed by atoms with Crippen molar-refractivity contribution in [2.75, 3.05) is 6.61 Å². The number of rotatable bonds is 5. The third-order valence-corrected chi connectivity index (χ3v) is 2.81. The molecule has 3 nitrogen and oxygen atoms in total. The van der Waals surface area contributed by atoms with Crippen molar-refractivity contribution < 1.29 is 19.0 Å². The molecule has 0 radical (unpaired) electrons. The maximum Gasteiger partial charge on any atom is 0.169 e. The monoisotopic (exact) mass is 276 g/mol. The van der Waals surface area contributed by atoms with Gasteiger partial charge in [0.25, 0.3) is 0 Å². The van der Waals surface area contributed by atoms with Gasteiger partial charge in [0, 0.05) is 5.56 Å². The van der Waals surface area contributed by atoms with E-state index in [4.69, 9.17) is 9.47 Å². The summed E-state index contributed by atoms with van der Waals surface area (Å²) in [6.45, 7) is 3.91. The number of aliphatic hydroxyl groups is 1. The molecular formula is C16H17FO3. The van der Waals surface area contributed by atoms with E-state index in [1.807, 2.05) is 13.0 Å². The van der Waals surface area contributed by atoms with Gasteiger partial charge in [-0.1, -0.05) is 24.3 Å². The van der Waals surface area contributed by atoms with Crippen LogP contribution in [0.25, 0.3) is 0 Å². The largest absolute Gasteiger partial charge is 0.490 e. The lowest BCUT2D eigenvalue weighted by atomic mass is 10.1. The van der Waals surface area contributed by atoms with Gasteiger partial charge in [-0.2, -0.15) is 0 Å². The molecule has 4 heteroatoms. The first-order valence-electron chi connectivity index (χ1n) is 6.49. The molecule has 0 aliphatic carbocycles. The lowest BCUT2D eigenvalue weighted by Gasteiger charge is -2.16. The molecule has 0 saturated carbocycles. The summed E-state index contributed by atoms with van der Waals surface area (Å²) >= 11 is 0. The first kappa shape index (κ1) is 14.3. The van der Waals surface area contributed by atoms with Crippen LogP contribution in [0.1, 0.15) is 25.5 Å². The second kappa shape index (κ2) is 6.39. The van der Waals surface area contributed by atoms with E-state index in [1.54, 1.807) is 37.3 Å². The van der Waals surface area contributed by atoms with Crippen LogP contribution in [-0.4, -0.2) is 11.7 Å². The van der Waals surface area contributed by atoms with E-state index >= 15 is 0 Å². The topological polar surface area (TPSA) is 38.7 Å². The molecule has 0 heterocycles.